The van der Waals surface area contributed by atoms with E-state index in [-0.39, 0.29) is 6.10 Å². The van der Waals surface area contributed by atoms with Gasteiger partial charge >= 0.3 is 0 Å². The molecule has 0 aliphatic carbocycles. The fourth-order valence-electron chi connectivity index (χ4n) is 1.62. The van der Waals surface area contributed by atoms with E-state index >= 15 is 0 Å². The van der Waals surface area contributed by atoms with Gasteiger partial charge in [0.05, 0.1) is 29.3 Å². The van der Waals surface area contributed by atoms with Gasteiger partial charge < -0.3 is 4.74 Å². The third-order valence-corrected chi connectivity index (χ3v) is 4.06. The topological polar surface area (TPSA) is 26.3 Å². The van der Waals surface area contributed by atoms with Crippen molar-refractivity contribution < 1.29 is 8.95 Å². The van der Waals surface area contributed by atoms with E-state index in [2.05, 4.69) is 0 Å². The molecule has 15 heavy (non-hydrogen) atoms. The van der Waals surface area contributed by atoms with Crippen LogP contribution in [0, 0.1) is 0 Å². The number of rotatable bonds is 1. The normalized spacial score (nSPS) is 29.3. The molecular formula is C12H14O2S. The van der Waals surface area contributed by atoms with Crippen molar-refractivity contribution in [1.82, 2.24) is 0 Å². The van der Waals surface area contributed by atoms with Crippen LogP contribution in [0.1, 0.15) is 18.6 Å². The first kappa shape index (κ1) is 10.6. The lowest BCUT2D eigenvalue weighted by atomic mass is 10.1. The zero-order valence-electron chi connectivity index (χ0n) is 8.68. The Kier molecular flexibility index (Phi) is 3.34. The van der Waals surface area contributed by atoms with Gasteiger partial charge in [-0.3, -0.25) is 4.21 Å². The summed E-state index contributed by atoms with van der Waals surface area (Å²) in [5.74, 6) is 0.573. The van der Waals surface area contributed by atoms with Crippen LogP contribution in [0.3, 0.4) is 0 Å². The zero-order chi connectivity index (χ0) is 10.7. The molecule has 2 atom stereocenters. The SMILES string of the molecule is C/C=C1\CO[C@H](c2ccccc2)C[S@]1=O. The van der Waals surface area contributed by atoms with Crippen molar-refractivity contribution in [3.8, 4) is 0 Å². The van der Waals surface area contributed by atoms with Crippen LogP contribution in [0.2, 0.25) is 0 Å². The van der Waals surface area contributed by atoms with Crippen LogP contribution >= 0.6 is 0 Å². The van der Waals surface area contributed by atoms with E-state index < -0.39 is 10.8 Å². The second-order valence-corrected chi connectivity index (χ2v) is 5.03. The van der Waals surface area contributed by atoms with Gasteiger partial charge in [0.2, 0.25) is 0 Å². The smallest absolute Gasteiger partial charge is 0.0948 e. The van der Waals surface area contributed by atoms with E-state index in [0.717, 1.165) is 10.5 Å². The van der Waals surface area contributed by atoms with E-state index in [0.29, 0.717) is 12.4 Å². The molecule has 1 aromatic carbocycles. The van der Waals surface area contributed by atoms with Crippen LogP contribution in [0.4, 0.5) is 0 Å². The highest BCUT2D eigenvalue weighted by Gasteiger charge is 2.23. The highest BCUT2D eigenvalue weighted by atomic mass is 32.2. The van der Waals surface area contributed by atoms with Gasteiger partial charge in [-0.2, -0.15) is 0 Å². The molecule has 0 radical (unpaired) electrons. The highest BCUT2D eigenvalue weighted by molar-refractivity contribution is 7.89. The van der Waals surface area contributed by atoms with Crippen LogP contribution in [0.5, 0.6) is 0 Å². The molecular weight excluding hydrogens is 208 g/mol. The second kappa shape index (κ2) is 4.73. The Balaban J connectivity index is 2.13. The van der Waals surface area contributed by atoms with Crippen molar-refractivity contribution in [2.75, 3.05) is 12.4 Å². The predicted molar refractivity (Wildman–Crippen MR) is 61.9 cm³/mol. The van der Waals surface area contributed by atoms with Crippen molar-refractivity contribution in [2.24, 2.45) is 0 Å². The highest BCUT2D eigenvalue weighted by Crippen LogP contribution is 2.25. The second-order valence-electron chi connectivity index (χ2n) is 3.48. The van der Waals surface area contributed by atoms with Gasteiger partial charge in [0.15, 0.2) is 0 Å². The molecule has 0 saturated carbocycles. The zero-order valence-corrected chi connectivity index (χ0v) is 9.50. The quantitative estimate of drug-likeness (QED) is 0.729. The Morgan fingerprint density at radius 3 is 2.73 bits per heavy atom. The first-order valence-corrected chi connectivity index (χ1v) is 6.33. The molecule has 0 spiro atoms. The molecule has 2 nitrogen and oxygen atoms in total. The molecule has 0 N–H and O–H groups in total. The maximum Gasteiger partial charge on any atom is 0.0948 e. The van der Waals surface area contributed by atoms with Crippen LogP contribution in [-0.4, -0.2) is 16.6 Å². The summed E-state index contributed by atoms with van der Waals surface area (Å²) in [7, 11) is -0.872. The Morgan fingerprint density at radius 2 is 2.13 bits per heavy atom. The average Bonchev–Trinajstić information content (AvgIpc) is 2.30. The standard InChI is InChI=1S/C12H14O2S/c1-2-11-8-14-12(9-15(11)13)10-6-4-3-5-7-10/h2-7,12H,8-9H2,1H3/b11-2+/t12-,15+/m0/s1. The van der Waals surface area contributed by atoms with E-state index in [1.54, 1.807) is 0 Å². The van der Waals surface area contributed by atoms with Crippen LogP contribution in [-0.2, 0) is 15.5 Å². The number of benzene rings is 1. The Hall–Kier alpha value is -0.930. The monoisotopic (exact) mass is 222 g/mol. The maximum absolute atomic E-state index is 11.8. The molecule has 0 amide bonds. The maximum atomic E-state index is 11.8. The Morgan fingerprint density at radius 1 is 1.40 bits per heavy atom. The third kappa shape index (κ3) is 2.36. The third-order valence-electron chi connectivity index (χ3n) is 2.52. The van der Waals surface area contributed by atoms with Gasteiger partial charge in [0, 0.05) is 4.91 Å². The molecule has 2 rings (SSSR count). The molecule has 1 saturated heterocycles. The minimum absolute atomic E-state index is 0.0178. The van der Waals surface area contributed by atoms with E-state index in [9.17, 15) is 4.21 Å². The van der Waals surface area contributed by atoms with Crippen molar-refractivity contribution in [1.29, 1.82) is 0 Å². The molecule has 0 aromatic heterocycles. The van der Waals surface area contributed by atoms with E-state index in [1.165, 1.54) is 0 Å². The van der Waals surface area contributed by atoms with Crippen molar-refractivity contribution in [2.45, 2.75) is 13.0 Å². The summed E-state index contributed by atoms with van der Waals surface area (Å²) in [6.45, 7) is 2.39. The fraction of sp³-hybridized carbons (Fsp3) is 0.333. The van der Waals surface area contributed by atoms with Gasteiger partial charge in [0.25, 0.3) is 0 Å². The van der Waals surface area contributed by atoms with E-state index in [4.69, 9.17) is 4.74 Å². The Bertz CT molecular complexity index is 384. The summed E-state index contributed by atoms with van der Waals surface area (Å²) in [4.78, 5) is 0.905. The molecule has 0 unspecified atom stereocenters. The minimum Gasteiger partial charge on any atom is -0.367 e. The number of hydrogen-bond donors (Lipinski definition) is 0. The minimum atomic E-state index is -0.872. The van der Waals surface area contributed by atoms with Crippen molar-refractivity contribution >= 4 is 10.8 Å². The molecule has 1 fully saturated rings. The van der Waals surface area contributed by atoms with Gasteiger partial charge in [-0.15, -0.1) is 0 Å². The van der Waals surface area contributed by atoms with Crippen molar-refractivity contribution in [3.63, 3.8) is 0 Å². The summed E-state index contributed by atoms with van der Waals surface area (Å²) < 4.78 is 17.4. The van der Waals surface area contributed by atoms with Crippen LogP contribution in [0.25, 0.3) is 0 Å². The van der Waals surface area contributed by atoms with Crippen molar-refractivity contribution in [3.05, 3.63) is 46.9 Å². The largest absolute Gasteiger partial charge is 0.367 e. The average molecular weight is 222 g/mol. The summed E-state index contributed by atoms with van der Waals surface area (Å²) in [6.07, 6.45) is 1.87. The predicted octanol–water partition coefficient (Wildman–Crippen LogP) is 2.41. The van der Waals surface area contributed by atoms with Gasteiger partial charge in [0.1, 0.15) is 0 Å². The van der Waals surface area contributed by atoms with Crippen LogP contribution < -0.4 is 0 Å². The number of hydrogen-bond acceptors (Lipinski definition) is 2. The number of allylic oxidation sites excluding steroid dienone is 1. The molecule has 1 heterocycles. The molecule has 1 aliphatic rings. The summed E-state index contributed by atoms with van der Waals surface area (Å²) >= 11 is 0. The molecule has 80 valence electrons. The first-order valence-electron chi connectivity index (χ1n) is 5.01. The fourth-order valence-corrected chi connectivity index (χ4v) is 2.86. The summed E-state index contributed by atoms with van der Waals surface area (Å²) in [5.41, 5.74) is 1.11. The lowest BCUT2D eigenvalue weighted by Crippen LogP contribution is -2.23. The van der Waals surface area contributed by atoms with Gasteiger partial charge in [-0.25, -0.2) is 0 Å². The van der Waals surface area contributed by atoms with E-state index in [1.807, 2.05) is 43.3 Å². The molecule has 1 aromatic rings. The molecule has 0 bridgehead atoms. The lowest BCUT2D eigenvalue weighted by Gasteiger charge is -2.24. The first-order chi connectivity index (χ1) is 7.31. The lowest BCUT2D eigenvalue weighted by molar-refractivity contribution is 0.0839. The number of ether oxygens (including phenoxy) is 1. The van der Waals surface area contributed by atoms with Crippen LogP contribution in [0.15, 0.2) is 41.3 Å². The van der Waals surface area contributed by atoms with Gasteiger partial charge in [-0.05, 0) is 12.5 Å². The molecule has 1 aliphatic heterocycles. The molecule has 3 heteroatoms. The van der Waals surface area contributed by atoms with Gasteiger partial charge in [-0.1, -0.05) is 36.4 Å². The Labute approximate surface area is 92.4 Å². The summed E-state index contributed by atoms with van der Waals surface area (Å²) in [5, 5.41) is 0. The summed E-state index contributed by atoms with van der Waals surface area (Å²) in [6, 6.07) is 9.96.